The number of piperidine rings is 1. The molecule has 0 N–H and O–H groups in total. The highest BCUT2D eigenvalue weighted by atomic mass is 79.9. The molecule has 0 aliphatic carbocycles. The molecule has 19 heavy (non-hydrogen) atoms. The van der Waals surface area contributed by atoms with Crippen LogP contribution in [-0.2, 0) is 6.42 Å². The van der Waals surface area contributed by atoms with Crippen LogP contribution < -0.4 is 0 Å². The van der Waals surface area contributed by atoms with Crippen molar-refractivity contribution >= 4 is 27.5 Å². The molecule has 0 unspecified atom stereocenters. The van der Waals surface area contributed by atoms with Gasteiger partial charge in [0, 0.05) is 13.1 Å². The number of aromatic nitrogens is 1. The van der Waals surface area contributed by atoms with Gasteiger partial charge in [0.15, 0.2) is 0 Å². The number of pyridine rings is 1. The van der Waals surface area contributed by atoms with Gasteiger partial charge in [0.05, 0.1) is 17.8 Å². The van der Waals surface area contributed by atoms with Crippen molar-refractivity contribution in [3.63, 3.8) is 0 Å². The Hall–Kier alpha value is -0.940. The average molecular weight is 323 g/mol. The highest BCUT2D eigenvalue weighted by Gasteiger charge is 2.26. The summed E-state index contributed by atoms with van der Waals surface area (Å²) >= 11 is 3.42. The quantitative estimate of drug-likeness (QED) is 0.744. The Kier molecular flexibility index (Phi) is 3.58. The van der Waals surface area contributed by atoms with Crippen molar-refractivity contribution in [2.45, 2.75) is 25.3 Å². The van der Waals surface area contributed by atoms with Crippen LogP contribution in [0, 0.1) is 0 Å². The lowest BCUT2D eigenvalue weighted by molar-refractivity contribution is 0.191. The largest absolute Gasteiger partial charge is 0.360 e. The molecule has 5 heteroatoms. The fraction of sp³-hybridized carbons (Fsp3) is 0.571. The number of aliphatic imine (C=N–C) groups is 1. The Labute approximate surface area is 122 Å². The lowest BCUT2D eigenvalue weighted by atomic mass is 10.0. The second-order valence-corrected chi connectivity index (χ2v) is 6.26. The van der Waals surface area contributed by atoms with E-state index in [1.54, 1.807) is 0 Å². The summed E-state index contributed by atoms with van der Waals surface area (Å²) < 4.78 is 0.893. The van der Waals surface area contributed by atoms with Gasteiger partial charge in [-0.3, -0.25) is 0 Å². The van der Waals surface area contributed by atoms with Crippen LogP contribution in [0.5, 0.6) is 0 Å². The summed E-state index contributed by atoms with van der Waals surface area (Å²) in [7, 11) is 4.37. The molecule has 0 atom stereocenters. The molecule has 2 aliphatic rings. The first-order chi connectivity index (χ1) is 9.13. The van der Waals surface area contributed by atoms with Crippen molar-refractivity contribution in [3.8, 4) is 0 Å². The van der Waals surface area contributed by atoms with E-state index in [0.717, 1.165) is 28.2 Å². The van der Waals surface area contributed by atoms with Gasteiger partial charge in [-0.05, 0) is 61.0 Å². The van der Waals surface area contributed by atoms with Crippen molar-refractivity contribution < 1.29 is 0 Å². The molecule has 1 fully saturated rings. The molecular formula is C14H19BrN4. The molecule has 3 heterocycles. The van der Waals surface area contributed by atoms with Crippen LogP contribution in [0.4, 0.5) is 5.69 Å². The molecule has 1 saturated heterocycles. The first-order valence-electron chi connectivity index (χ1n) is 6.78. The lowest BCUT2D eigenvalue weighted by Crippen LogP contribution is -2.44. The van der Waals surface area contributed by atoms with Gasteiger partial charge < -0.3 is 9.80 Å². The summed E-state index contributed by atoms with van der Waals surface area (Å²) in [5.41, 5.74) is 2.11. The first kappa shape index (κ1) is 13.1. The fourth-order valence-corrected chi connectivity index (χ4v) is 3.17. The normalized spacial score (nSPS) is 20.3. The van der Waals surface area contributed by atoms with Gasteiger partial charge in [0.1, 0.15) is 10.4 Å². The lowest BCUT2D eigenvalue weighted by Gasteiger charge is -2.36. The van der Waals surface area contributed by atoms with Gasteiger partial charge in [-0.2, -0.15) is 0 Å². The maximum absolute atomic E-state index is 4.73. The van der Waals surface area contributed by atoms with Crippen molar-refractivity contribution in [3.05, 3.63) is 22.4 Å². The van der Waals surface area contributed by atoms with Gasteiger partial charge in [-0.1, -0.05) is 0 Å². The zero-order valence-electron chi connectivity index (χ0n) is 11.4. The van der Waals surface area contributed by atoms with E-state index in [2.05, 4.69) is 44.8 Å². The molecule has 0 saturated carbocycles. The van der Waals surface area contributed by atoms with Crippen molar-refractivity contribution in [2.75, 3.05) is 27.2 Å². The Morgan fingerprint density at radius 2 is 2.05 bits per heavy atom. The molecule has 1 aromatic heterocycles. The zero-order chi connectivity index (χ0) is 13.4. The second kappa shape index (κ2) is 5.21. The number of rotatable bonds is 1. The minimum atomic E-state index is 0.618. The number of nitrogens with zero attached hydrogens (tertiary/aromatic N) is 4. The van der Waals surface area contributed by atoms with E-state index in [0.29, 0.717) is 6.04 Å². The number of likely N-dealkylation sites (N-methyl/N-ethyl adjacent to an activating group) is 1. The van der Waals surface area contributed by atoms with Crippen LogP contribution >= 0.6 is 15.9 Å². The van der Waals surface area contributed by atoms with E-state index >= 15 is 0 Å². The van der Waals surface area contributed by atoms with E-state index in [-0.39, 0.29) is 0 Å². The molecule has 0 aromatic carbocycles. The maximum atomic E-state index is 4.73. The molecule has 0 spiro atoms. The predicted octanol–water partition coefficient (Wildman–Crippen LogP) is 2.46. The van der Waals surface area contributed by atoms with E-state index in [9.17, 15) is 0 Å². The number of amidine groups is 1. The van der Waals surface area contributed by atoms with E-state index in [1.807, 2.05) is 12.1 Å². The van der Waals surface area contributed by atoms with Gasteiger partial charge in [-0.15, -0.1) is 0 Å². The third-order valence-corrected chi connectivity index (χ3v) is 4.58. The van der Waals surface area contributed by atoms with Gasteiger partial charge in [-0.25, -0.2) is 9.98 Å². The molecular weight excluding hydrogens is 304 g/mol. The summed E-state index contributed by atoms with van der Waals surface area (Å²) in [4.78, 5) is 14.0. The molecule has 0 amide bonds. The second-order valence-electron chi connectivity index (χ2n) is 5.45. The third kappa shape index (κ3) is 2.67. The van der Waals surface area contributed by atoms with Crippen LogP contribution in [0.2, 0.25) is 0 Å². The highest BCUT2D eigenvalue weighted by Crippen LogP contribution is 2.28. The standard InChI is InChI=1S/C14H19BrN4/c1-18-7-5-10(6-8-18)19(2)14-9-12-11(17-14)3-4-13(15)16-12/h3-4,10H,5-9H2,1-2H3. The minimum Gasteiger partial charge on any atom is -0.360 e. The van der Waals surface area contributed by atoms with Crippen LogP contribution in [0.1, 0.15) is 18.5 Å². The predicted molar refractivity (Wildman–Crippen MR) is 81.0 cm³/mol. The SMILES string of the molecule is CN1CCC(N(C)C2=Nc3ccc(Br)nc3C2)CC1. The van der Waals surface area contributed by atoms with Crippen LogP contribution in [0.25, 0.3) is 0 Å². The molecule has 1 aromatic rings. The van der Waals surface area contributed by atoms with Gasteiger partial charge in [0.25, 0.3) is 0 Å². The van der Waals surface area contributed by atoms with Crippen LogP contribution in [0.15, 0.2) is 21.7 Å². The van der Waals surface area contributed by atoms with Crippen molar-refractivity contribution in [2.24, 2.45) is 4.99 Å². The number of likely N-dealkylation sites (tertiary alicyclic amines) is 1. The smallest absolute Gasteiger partial charge is 0.111 e. The van der Waals surface area contributed by atoms with Gasteiger partial charge in [0.2, 0.25) is 0 Å². The Morgan fingerprint density at radius 3 is 2.79 bits per heavy atom. The van der Waals surface area contributed by atoms with Gasteiger partial charge >= 0.3 is 0 Å². The third-order valence-electron chi connectivity index (χ3n) is 4.13. The summed E-state index contributed by atoms with van der Waals surface area (Å²) in [6, 6.07) is 4.62. The molecule has 0 radical (unpaired) electrons. The Bertz CT molecular complexity index is 506. The average Bonchev–Trinajstić information content (AvgIpc) is 2.81. The number of halogens is 1. The topological polar surface area (TPSA) is 31.7 Å². The molecule has 4 nitrogen and oxygen atoms in total. The summed E-state index contributed by atoms with van der Waals surface area (Å²) in [6.07, 6.45) is 3.30. The number of fused-ring (bicyclic) bond motifs is 1. The molecule has 3 rings (SSSR count). The maximum Gasteiger partial charge on any atom is 0.111 e. The number of hydrogen-bond donors (Lipinski definition) is 0. The van der Waals surface area contributed by atoms with E-state index < -0.39 is 0 Å². The number of hydrogen-bond acceptors (Lipinski definition) is 4. The van der Waals surface area contributed by atoms with Crippen LogP contribution in [-0.4, -0.2) is 53.8 Å². The van der Waals surface area contributed by atoms with E-state index in [1.165, 1.54) is 25.9 Å². The Balaban J connectivity index is 1.71. The van der Waals surface area contributed by atoms with Crippen molar-refractivity contribution in [1.29, 1.82) is 0 Å². The zero-order valence-corrected chi connectivity index (χ0v) is 13.0. The van der Waals surface area contributed by atoms with E-state index in [4.69, 9.17) is 4.99 Å². The summed E-state index contributed by atoms with van der Waals surface area (Å²) in [6.45, 7) is 2.36. The molecule has 2 aliphatic heterocycles. The molecule has 102 valence electrons. The minimum absolute atomic E-state index is 0.618. The summed E-state index contributed by atoms with van der Waals surface area (Å²) in [5.74, 6) is 1.16. The summed E-state index contributed by atoms with van der Waals surface area (Å²) in [5, 5.41) is 0. The van der Waals surface area contributed by atoms with Crippen LogP contribution in [0.3, 0.4) is 0 Å². The molecule has 0 bridgehead atoms. The highest BCUT2D eigenvalue weighted by molar-refractivity contribution is 9.10. The fourth-order valence-electron chi connectivity index (χ4n) is 2.82. The van der Waals surface area contributed by atoms with Crippen molar-refractivity contribution in [1.82, 2.24) is 14.8 Å². The Morgan fingerprint density at radius 1 is 1.32 bits per heavy atom. The monoisotopic (exact) mass is 322 g/mol. The first-order valence-corrected chi connectivity index (χ1v) is 7.57.